The van der Waals surface area contributed by atoms with E-state index >= 15 is 0 Å². The Morgan fingerprint density at radius 1 is 0.967 bits per heavy atom. The maximum atomic E-state index is 13.2. The predicted molar refractivity (Wildman–Crippen MR) is 127 cm³/mol. The number of aromatic nitrogens is 2. The van der Waals surface area contributed by atoms with Crippen LogP contribution in [-0.2, 0) is 16.4 Å². The molecule has 0 fully saturated rings. The van der Waals surface area contributed by atoms with Crippen molar-refractivity contribution in [1.82, 2.24) is 9.55 Å². The van der Waals surface area contributed by atoms with Crippen LogP contribution < -0.4 is 0 Å². The Morgan fingerprint density at radius 3 is 2.17 bits per heavy atom. The van der Waals surface area contributed by atoms with E-state index in [1.807, 2.05) is 0 Å². The third-order valence-electron chi connectivity index (χ3n) is 5.46. The zero-order valence-electron chi connectivity index (χ0n) is 17.9. The third-order valence-corrected chi connectivity index (χ3v) is 8.15. The molecule has 0 radical (unpaired) electrons. The van der Waals surface area contributed by atoms with Crippen LogP contribution in [0.3, 0.4) is 0 Å². The van der Waals surface area contributed by atoms with E-state index in [0.717, 1.165) is 12.8 Å². The summed E-state index contributed by atoms with van der Waals surface area (Å²) >= 11 is 12.4. The summed E-state index contributed by atoms with van der Waals surface area (Å²) < 4.78 is 28.2. The molecule has 1 heterocycles. The van der Waals surface area contributed by atoms with Gasteiger partial charge in [-0.3, -0.25) is 0 Å². The minimum absolute atomic E-state index is 0.168. The molecule has 0 N–H and O–H groups in total. The highest BCUT2D eigenvalue weighted by Crippen LogP contribution is 2.33. The number of benzene rings is 1. The standard InChI is InChI=1S/C23H34Cl2N2O2S/c1-2-3-4-5-6-7-8-9-10-11-16-30(28,29)23(18-27-15-14-26-19-27)21-13-12-20(24)17-22(21)25/h12-15,17,19,23H,2-11,16,18H2,1H3. The van der Waals surface area contributed by atoms with Gasteiger partial charge in [0, 0.05) is 29.0 Å². The molecule has 0 amide bonds. The molecule has 1 atom stereocenters. The summed E-state index contributed by atoms with van der Waals surface area (Å²) in [5.74, 6) is 0.168. The van der Waals surface area contributed by atoms with E-state index in [-0.39, 0.29) is 5.75 Å². The van der Waals surface area contributed by atoms with Crippen LogP contribution in [0.1, 0.15) is 81.9 Å². The summed E-state index contributed by atoms with van der Waals surface area (Å²) in [6, 6.07) is 5.03. The molecule has 0 aliphatic heterocycles. The molecule has 30 heavy (non-hydrogen) atoms. The number of imidazole rings is 1. The van der Waals surface area contributed by atoms with Crippen LogP contribution in [0.5, 0.6) is 0 Å². The van der Waals surface area contributed by atoms with Gasteiger partial charge in [0.15, 0.2) is 9.84 Å². The van der Waals surface area contributed by atoms with E-state index in [4.69, 9.17) is 23.2 Å². The summed E-state index contributed by atoms with van der Waals surface area (Å²) in [6.07, 6.45) is 16.8. The monoisotopic (exact) mass is 472 g/mol. The molecule has 0 spiro atoms. The van der Waals surface area contributed by atoms with Gasteiger partial charge in [-0.05, 0) is 24.1 Å². The van der Waals surface area contributed by atoms with Gasteiger partial charge in [-0.15, -0.1) is 0 Å². The second-order valence-electron chi connectivity index (χ2n) is 7.96. The molecule has 0 saturated heterocycles. The second kappa shape index (κ2) is 13.4. The summed E-state index contributed by atoms with van der Waals surface area (Å²) in [7, 11) is -3.37. The first-order valence-electron chi connectivity index (χ1n) is 11.1. The van der Waals surface area contributed by atoms with Gasteiger partial charge in [0.2, 0.25) is 0 Å². The van der Waals surface area contributed by atoms with Crippen LogP contribution in [0, 0.1) is 0 Å². The first kappa shape index (κ1) is 25.2. The van der Waals surface area contributed by atoms with Crippen molar-refractivity contribution in [2.45, 2.75) is 82.9 Å². The van der Waals surface area contributed by atoms with E-state index in [1.54, 1.807) is 41.5 Å². The van der Waals surface area contributed by atoms with Gasteiger partial charge in [-0.2, -0.15) is 0 Å². The molecule has 7 heteroatoms. The maximum Gasteiger partial charge on any atom is 0.159 e. The topological polar surface area (TPSA) is 52.0 Å². The molecule has 1 aromatic heterocycles. The van der Waals surface area contributed by atoms with Crippen molar-refractivity contribution >= 4 is 33.0 Å². The lowest BCUT2D eigenvalue weighted by atomic mass is 10.1. The fourth-order valence-electron chi connectivity index (χ4n) is 3.69. The van der Waals surface area contributed by atoms with Crippen LogP contribution in [0.15, 0.2) is 36.9 Å². The minimum atomic E-state index is -3.37. The Kier molecular flexibility index (Phi) is 11.3. The van der Waals surface area contributed by atoms with Crippen molar-refractivity contribution < 1.29 is 8.42 Å². The molecule has 2 rings (SSSR count). The molecule has 0 aliphatic rings. The lowest BCUT2D eigenvalue weighted by Gasteiger charge is -2.20. The van der Waals surface area contributed by atoms with E-state index in [9.17, 15) is 8.42 Å². The number of hydrogen-bond acceptors (Lipinski definition) is 3. The van der Waals surface area contributed by atoms with Crippen molar-refractivity contribution in [3.63, 3.8) is 0 Å². The molecule has 0 bridgehead atoms. The first-order chi connectivity index (χ1) is 14.4. The predicted octanol–water partition coefficient (Wildman–Crippen LogP) is 7.27. The zero-order chi connectivity index (χ0) is 21.8. The number of unbranched alkanes of at least 4 members (excludes halogenated alkanes) is 9. The average molecular weight is 474 g/mol. The Labute approximate surface area is 191 Å². The van der Waals surface area contributed by atoms with Crippen LogP contribution >= 0.6 is 23.2 Å². The molecule has 0 aliphatic carbocycles. The Balaban J connectivity index is 1.88. The van der Waals surface area contributed by atoms with Crippen molar-refractivity contribution in [2.75, 3.05) is 5.75 Å². The molecule has 4 nitrogen and oxygen atoms in total. The Morgan fingerprint density at radius 2 is 1.60 bits per heavy atom. The number of rotatable bonds is 15. The molecule has 0 saturated carbocycles. The van der Waals surface area contributed by atoms with Gasteiger partial charge >= 0.3 is 0 Å². The Bertz CT molecular complexity index is 839. The van der Waals surface area contributed by atoms with Crippen molar-refractivity contribution in [3.05, 3.63) is 52.5 Å². The average Bonchev–Trinajstić information content (AvgIpc) is 3.21. The van der Waals surface area contributed by atoms with Crippen molar-refractivity contribution in [1.29, 1.82) is 0 Å². The lowest BCUT2D eigenvalue weighted by Crippen LogP contribution is -2.22. The summed E-state index contributed by atoms with van der Waals surface area (Å²) in [4.78, 5) is 4.03. The third kappa shape index (κ3) is 8.60. The number of halogens is 2. The van der Waals surface area contributed by atoms with Crippen LogP contribution in [0.25, 0.3) is 0 Å². The number of sulfone groups is 1. The minimum Gasteiger partial charge on any atom is -0.336 e. The van der Waals surface area contributed by atoms with Gasteiger partial charge in [-0.25, -0.2) is 13.4 Å². The quantitative estimate of drug-likeness (QED) is 0.256. The fraction of sp³-hybridized carbons (Fsp3) is 0.609. The highest BCUT2D eigenvalue weighted by atomic mass is 35.5. The van der Waals surface area contributed by atoms with E-state index in [2.05, 4.69) is 11.9 Å². The van der Waals surface area contributed by atoms with Gasteiger partial charge in [0.05, 0.1) is 12.1 Å². The molecule has 168 valence electrons. The van der Waals surface area contributed by atoms with Gasteiger partial charge in [0.1, 0.15) is 5.25 Å². The normalized spacial score (nSPS) is 12.9. The van der Waals surface area contributed by atoms with Gasteiger partial charge in [-0.1, -0.05) is 94.0 Å². The molecular formula is C23H34Cl2N2O2S. The van der Waals surface area contributed by atoms with Crippen molar-refractivity contribution in [3.8, 4) is 0 Å². The van der Waals surface area contributed by atoms with Gasteiger partial charge in [0.25, 0.3) is 0 Å². The van der Waals surface area contributed by atoms with Crippen LogP contribution in [0.2, 0.25) is 10.0 Å². The van der Waals surface area contributed by atoms with Crippen molar-refractivity contribution in [2.24, 2.45) is 0 Å². The maximum absolute atomic E-state index is 13.2. The highest BCUT2D eigenvalue weighted by Gasteiger charge is 2.29. The Hall–Kier alpha value is -1.04. The molecule has 1 aromatic carbocycles. The summed E-state index contributed by atoms with van der Waals surface area (Å²) in [6.45, 7) is 2.52. The zero-order valence-corrected chi connectivity index (χ0v) is 20.2. The highest BCUT2D eigenvalue weighted by molar-refractivity contribution is 7.91. The number of hydrogen-bond donors (Lipinski definition) is 0. The smallest absolute Gasteiger partial charge is 0.159 e. The number of nitrogens with zero attached hydrogens (tertiary/aromatic N) is 2. The first-order valence-corrected chi connectivity index (χ1v) is 13.5. The van der Waals surface area contributed by atoms with E-state index in [0.29, 0.717) is 28.6 Å². The lowest BCUT2D eigenvalue weighted by molar-refractivity contribution is 0.547. The fourth-order valence-corrected chi connectivity index (χ4v) is 6.17. The molecule has 1 unspecified atom stereocenters. The molecule has 2 aromatic rings. The SMILES string of the molecule is CCCCCCCCCCCCS(=O)(=O)C(Cn1ccnc1)c1ccc(Cl)cc1Cl. The largest absolute Gasteiger partial charge is 0.336 e. The second-order valence-corrected chi connectivity index (χ2v) is 11.1. The van der Waals surface area contributed by atoms with E-state index < -0.39 is 15.1 Å². The summed E-state index contributed by atoms with van der Waals surface area (Å²) in [5.41, 5.74) is 0.599. The molecular weight excluding hydrogens is 439 g/mol. The summed E-state index contributed by atoms with van der Waals surface area (Å²) in [5, 5.41) is 0.173. The van der Waals surface area contributed by atoms with E-state index in [1.165, 1.54) is 44.9 Å². The van der Waals surface area contributed by atoms with Crippen LogP contribution in [-0.4, -0.2) is 23.7 Å². The van der Waals surface area contributed by atoms with Gasteiger partial charge < -0.3 is 4.57 Å². The van der Waals surface area contributed by atoms with Crippen LogP contribution in [0.4, 0.5) is 0 Å².